The van der Waals surface area contributed by atoms with E-state index < -0.39 is 20.0 Å². The van der Waals surface area contributed by atoms with Crippen molar-refractivity contribution in [2.75, 3.05) is 119 Å². The van der Waals surface area contributed by atoms with E-state index in [9.17, 15) is 21.6 Å². The predicted molar refractivity (Wildman–Crippen MR) is 263 cm³/mol. The summed E-state index contributed by atoms with van der Waals surface area (Å²) in [4.78, 5) is 16.9. The molecule has 0 bridgehead atoms. The van der Waals surface area contributed by atoms with Gasteiger partial charge in [0.15, 0.2) is 0 Å². The molecule has 6 aliphatic rings. The number of sulfonamides is 2. The first kappa shape index (κ1) is 55.3. The molecule has 0 aromatic carbocycles. The maximum Gasteiger partial charge on any atom is 0.314 e. The zero-order valence-corrected chi connectivity index (χ0v) is 43.9. The number of nitrogens with zero attached hydrogens (tertiary/aromatic N) is 2. The number of piperidine rings is 2. The van der Waals surface area contributed by atoms with Gasteiger partial charge < -0.3 is 39.4 Å². The van der Waals surface area contributed by atoms with Crippen molar-refractivity contribution < 1.29 is 40.6 Å². The average molecular weight is 1060 g/mol. The molecule has 0 spiro atoms. The molecule has 2 heterocycles. The van der Waals surface area contributed by atoms with Gasteiger partial charge in [0.2, 0.25) is 20.0 Å². The minimum Gasteiger partial charge on any atom is -0.378 e. The maximum atomic E-state index is 13.1. The average Bonchev–Trinajstić information content (AvgIpc) is 3.27. The summed E-state index contributed by atoms with van der Waals surface area (Å²) in [6.07, 6.45) is 10.1. The van der Waals surface area contributed by atoms with E-state index in [1.54, 1.807) is 0 Å². The topological polar surface area (TPSA) is 177 Å². The number of nitrogens with one attached hydrogen (secondary N) is 4. The van der Waals surface area contributed by atoms with Crippen LogP contribution >= 0.6 is 46.4 Å². The highest BCUT2D eigenvalue weighted by molar-refractivity contribution is 7.90. The number of halogens is 4. The highest BCUT2D eigenvalue weighted by atomic mass is 35.5. The van der Waals surface area contributed by atoms with Crippen molar-refractivity contribution in [1.29, 1.82) is 0 Å². The van der Waals surface area contributed by atoms with Crippen LogP contribution in [-0.4, -0.2) is 184 Å². The quantitative estimate of drug-likeness (QED) is 0.0764. The lowest BCUT2D eigenvalue weighted by Crippen LogP contribution is -2.53. The molecule has 2 amide bonds. The summed E-state index contributed by atoms with van der Waals surface area (Å²) in [6, 6.07) is -0.335. The molecule has 66 heavy (non-hydrogen) atoms. The van der Waals surface area contributed by atoms with Crippen molar-refractivity contribution in [1.82, 2.24) is 29.9 Å². The predicted octanol–water partition coefficient (Wildman–Crippen LogP) is 4.91. The van der Waals surface area contributed by atoms with Gasteiger partial charge >= 0.3 is 6.03 Å². The molecular formula is C45H80Cl4N6O9S2. The highest BCUT2D eigenvalue weighted by Gasteiger charge is 2.49. The number of carbonyl (C=O) groups excluding carboxylic acids is 1. The molecule has 384 valence electrons. The summed E-state index contributed by atoms with van der Waals surface area (Å²) in [5, 5.41) is 5.17. The second-order valence-corrected chi connectivity index (χ2v) is 26.6. The molecule has 2 saturated heterocycles. The minimum atomic E-state index is -3.43. The fourth-order valence-electron chi connectivity index (χ4n) is 12.4. The van der Waals surface area contributed by atoms with Gasteiger partial charge in [0.25, 0.3) is 0 Å². The maximum absolute atomic E-state index is 13.1. The van der Waals surface area contributed by atoms with Gasteiger partial charge in [-0.2, -0.15) is 0 Å². The molecule has 4 saturated carbocycles. The SMILES string of the molecule is CN1CC2C(Cl)CC(Cl)CC2C(C2CCC(S(=O)(=O)NCCOCCOCCNC(=O)NCCOCCOCCNS(=O)(=O)C3CCC(C4CN(C)CC5C(Cl)CC(Cl)CC54)CC3)CC2)C1. The van der Waals surface area contributed by atoms with Crippen LogP contribution in [0, 0.1) is 47.3 Å². The molecule has 4 N–H and O–H groups in total. The van der Waals surface area contributed by atoms with Gasteiger partial charge in [-0.3, -0.25) is 0 Å². The lowest BCUT2D eigenvalue weighted by Gasteiger charge is -2.51. The smallest absolute Gasteiger partial charge is 0.314 e. The summed E-state index contributed by atoms with van der Waals surface area (Å²) < 4.78 is 80.0. The summed E-state index contributed by atoms with van der Waals surface area (Å²) in [5.41, 5.74) is 0. The second-order valence-electron chi connectivity index (χ2n) is 20.2. The number of amides is 2. The molecule has 0 aromatic rings. The molecule has 6 rings (SSSR count). The van der Waals surface area contributed by atoms with Crippen LogP contribution in [-0.2, 0) is 39.0 Å². The van der Waals surface area contributed by atoms with E-state index in [0.717, 1.165) is 77.5 Å². The zero-order valence-electron chi connectivity index (χ0n) is 39.3. The second kappa shape index (κ2) is 27.2. The van der Waals surface area contributed by atoms with Crippen LogP contribution in [0.2, 0.25) is 0 Å². The van der Waals surface area contributed by atoms with Crippen molar-refractivity contribution in [3.63, 3.8) is 0 Å². The van der Waals surface area contributed by atoms with E-state index >= 15 is 0 Å². The largest absolute Gasteiger partial charge is 0.378 e. The van der Waals surface area contributed by atoms with Gasteiger partial charge in [-0.1, -0.05) is 0 Å². The van der Waals surface area contributed by atoms with E-state index in [2.05, 4.69) is 44.0 Å². The Morgan fingerprint density at radius 3 is 1.17 bits per heavy atom. The van der Waals surface area contributed by atoms with Crippen LogP contribution in [0.1, 0.15) is 77.0 Å². The monoisotopic (exact) mass is 1050 g/mol. The molecule has 4 aliphatic carbocycles. The number of hydrogen-bond acceptors (Lipinski definition) is 11. The Bertz CT molecular complexity index is 1570. The number of urea groups is 1. The third-order valence-electron chi connectivity index (χ3n) is 15.7. The number of carbonyl (C=O) groups is 1. The van der Waals surface area contributed by atoms with Gasteiger partial charge in [0.1, 0.15) is 0 Å². The van der Waals surface area contributed by atoms with Crippen LogP contribution < -0.4 is 20.1 Å². The van der Waals surface area contributed by atoms with Crippen molar-refractivity contribution in [2.24, 2.45) is 47.3 Å². The van der Waals surface area contributed by atoms with E-state index in [0.29, 0.717) is 126 Å². The van der Waals surface area contributed by atoms with Crippen molar-refractivity contribution in [3.05, 3.63) is 0 Å². The molecular weight excluding hydrogens is 974 g/mol. The first-order valence-corrected chi connectivity index (χ1v) is 29.7. The fraction of sp³-hybridized carbons (Fsp3) is 0.978. The zero-order chi connectivity index (χ0) is 47.3. The molecule has 2 aliphatic heterocycles. The first-order valence-electron chi connectivity index (χ1n) is 24.8. The Balaban J connectivity index is 0.698. The van der Waals surface area contributed by atoms with E-state index in [1.165, 1.54) is 0 Å². The number of likely N-dealkylation sites (tertiary alicyclic amines) is 2. The van der Waals surface area contributed by atoms with Crippen LogP contribution in [0.25, 0.3) is 0 Å². The standard InChI is InChI=1S/C45H80Cl4N6O9S2/c1-54-27-39(37-23-33(46)25-43(48)41(37)29-54)31-3-7-35(8-4-31)65(57,58)52-13-17-63-21-19-61-15-11-50-45(56)51-12-16-62-20-22-64-18-14-53-66(59,60)36-9-5-32(6-10-36)40-28-55(2)30-42-38(40)24-34(47)26-44(42)49/h31-44,52-53H,3-30H2,1-2H3,(H2,50,51,56). The van der Waals surface area contributed by atoms with Crippen LogP contribution in [0.15, 0.2) is 0 Å². The van der Waals surface area contributed by atoms with Gasteiger partial charge in [-0.15, -0.1) is 46.4 Å². The van der Waals surface area contributed by atoms with E-state index in [-0.39, 0.29) is 64.3 Å². The summed E-state index contributed by atoms with van der Waals surface area (Å²) in [7, 11) is -2.51. The third-order valence-corrected chi connectivity index (χ3v) is 21.3. The Labute approximate surface area is 416 Å². The summed E-state index contributed by atoms with van der Waals surface area (Å²) in [6.45, 7) is 7.54. The number of fused-ring (bicyclic) bond motifs is 2. The molecule has 6 fully saturated rings. The summed E-state index contributed by atoms with van der Waals surface area (Å²) >= 11 is 26.8. The summed E-state index contributed by atoms with van der Waals surface area (Å²) in [5.74, 6) is 3.99. The van der Waals surface area contributed by atoms with Gasteiger partial charge in [-0.25, -0.2) is 31.1 Å². The van der Waals surface area contributed by atoms with Crippen LogP contribution in [0.4, 0.5) is 4.79 Å². The lowest BCUT2D eigenvalue weighted by molar-refractivity contribution is 0.0108. The van der Waals surface area contributed by atoms with Gasteiger partial charge in [0.05, 0.1) is 63.4 Å². The van der Waals surface area contributed by atoms with Crippen LogP contribution in [0.5, 0.6) is 0 Å². The number of alkyl halides is 4. The molecule has 0 aromatic heterocycles. The van der Waals surface area contributed by atoms with E-state index in [4.69, 9.17) is 65.4 Å². The number of hydrogen-bond donors (Lipinski definition) is 4. The first-order chi connectivity index (χ1) is 31.6. The van der Waals surface area contributed by atoms with Crippen molar-refractivity contribution >= 4 is 72.5 Å². The van der Waals surface area contributed by atoms with Gasteiger partial charge in [0, 0.05) is 73.9 Å². The number of rotatable bonds is 24. The Morgan fingerprint density at radius 1 is 0.470 bits per heavy atom. The van der Waals surface area contributed by atoms with Crippen LogP contribution in [0.3, 0.4) is 0 Å². The molecule has 15 nitrogen and oxygen atoms in total. The van der Waals surface area contributed by atoms with Crippen molar-refractivity contribution in [3.8, 4) is 0 Å². The molecule has 21 heteroatoms. The Kier molecular flexibility index (Phi) is 22.8. The normalized spacial score (nSPS) is 36.0. The van der Waals surface area contributed by atoms with Gasteiger partial charge in [-0.05, 0) is 138 Å². The lowest BCUT2D eigenvalue weighted by atomic mass is 9.63. The Morgan fingerprint density at radius 2 is 0.803 bits per heavy atom. The molecule has 10 atom stereocenters. The third kappa shape index (κ3) is 16.5. The Hall–Kier alpha value is 0.01000. The highest BCUT2D eigenvalue weighted by Crippen LogP contribution is 2.50. The minimum absolute atomic E-state index is 0.112. The molecule has 10 unspecified atom stereocenters. The molecule has 0 radical (unpaired) electrons. The fourth-order valence-corrected chi connectivity index (χ4v) is 17.4. The van der Waals surface area contributed by atoms with Crippen molar-refractivity contribution in [2.45, 2.75) is 109 Å². The number of ether oxygens (including phenoxy) is 4. The van der Waals surface area contributed by atoms with E-state index in [1.807, 2.05) is 0 Å².